The average molecular weight is 358 g/mol. The van der Waals surface area contributed by atoms with Crippen molar-refractivity contribution in [3.8, 4) is 11.5 Å². The minimum atomic E-state index is 0.272. The molecule has 2 nitrogen and oxygen atoms in total. The van der Waals surface area contributed by atoms with E-state index in [4.69, 9.17) is 9.84 Å². The molecule has 138 valence electrons. The summed E-state index contributed by atoms with van der Waals surface area (Å²) in [7, 11) is 0. The summed E-state index contributed by atoms with van der Waals surface area (Å²) >= 11 is 0. The smallest absolute Gasteiger partial charge is 0.119 e. The molecule has 0 fully saturated rings. The fourth-order valence-electron chi connectivity index (χ4n) is 2.97. The van der Waals surface area contributed by atoms with Crippen molar-refractivity contribution < 1.29 is 9.84 Å². The van der Waals surface area contributed by atoms with Gasteiger partial charge in [0.05, 0.1) is 6.61 Å². The van der Waals surface area contributed by atoms with E-state index in [1.54, 1.807) is 24.3 Å². The highest BCUT2D eigenvalue weighted by Gasteiger charge is 1.98. The number of benzene rings is 4. The lowest BCUT2D eigenvalue weighted by molar-refractivity contribution is 0.317. The molecular formula is C25H26O2. The summed E-state index contributed by atoms with van der Waals surface area (Å²) < 4.78 is 5.30. The van der Waals surface area contributed by atoms with Crippen molar-refractivity contribution in [1.29, 1.82) is 0 Å². The highest BCUT2D eigenvalue weighted by molar-refractivity contribution is 5.98. The van der Waals surface area contributed by atoms with Crippen LogP contribution in [-0.4, -0.2) is 11.7 Å². The Labute approximate surface area is 161 Å². The zero-order valence-electron chi connectivity index (χ0n) is 16.0. The monoisotopic (exact) mass is 358 g/mol. The first-order chi connectivity index (χ1) is 13.2. The van der Waals surface area contributed by atoms with Crippen LogP contribution < -0.4 is 4.74 Å². The van der Waals surface area contributed by atoms with Crippen molar-refractivity contribution >= 4 is 21.5 Å². The van der Waals surface area contributed by atoms with Crippen molar-refractivity contribution in [2.24, 2.45) is 0 Å². The number of phenolic OH excluding ortho intramolecular Hbond substituents is 1. The third-order valence-corrected chi connectivity index (χ3v) is 4.49. The summed E-state index contributed by atoms with van der Waals surface area (Å²) in [6, 6.07) is 26.6. The van der Waals surface area contributed by atoms with E-state index in [9.17, 15) is 0 Å². The summed E-state index contributed by atoms with van der Waals surface area (Å²) in [5.41, 5.74) is 1.41. The number of ether oxygens (including phenoxy) is 1. The predicted octanol–water partition coefficient (Wildman–Crippen LogP) is 6.74. The van der Waals surface area contributed by atoms with Gasteiger partial charge in [0.25, 0.3) is 0 Å². The van der Waals surface area contributed by atoms with Crippen LogP contribution in [0.4, 0.5) is 0 Å². The number of hydrogen-bond donors (Lipinski definition) is 1. The van der Waals surface area contributed by atoms with Crippen LogP contribution in [0.2, 0.25) is 0 Å². The summed E-state index contributed by atoms with van der Waals surface area (Å²) in [6.45, 7) is 4.98. The Bertz CT molecular complexity index is 1000. The molecule has 4 aromatic carbocycles. The van der Waals surface area contributed by atoms with E-state index in [1.165, 1.54) is 27.1 Å². The van der Waals surface area contributed by atoms with Gasteiger partial charge in [-0.2, -0.15) is 0 Å². The third kappa shape index (κ3) is 5.01. The molecule has 4 aromatic rings. The molecule has 2 heteroatoms. The lowest BCUT2D eigenvalue weighted by Gasteiger charge is -2.04. The molecular weight excluding hydrogens is 332 g/mol. The molecule has 0 spiro atoms. The van der Waals surface area contributed by atoms with Gasteiger partial charge >= 0.3 is 0 Å². The highest BCUT2D eigenvalue weighted by atomic mass is 16.5. The summed E-state index contributed by atoms with van der Waals surface area (Å²) in [5, 5.41) is 14.2. The predicted molar refractivity (Wildman–Crippen MR) is 115 cm³/mol. The minimum absolute atomic E-state index is 0.272. The standard InChI is InChI=1S/C16H14.C9H12O2/c1-2-12-7-8-15-10-13-5-3-4-6-14(13)11-16(15)9-12;1-2-7-11-9-5-3-8(10)4-6-9/h3-11H,2H2,1H3;3-6,10H,2,7H2,1H3. The van der Waals surface area contributed by atoms with Crippen LogP contribution in [0.25, 0.3) is 21.5 Å². The van der Waals surface area contributed by atoms with E-state index in [1.807, 2.05) is 0 Å². The molecule has 0 amide bonds. The largest absolute Gasteiger partial charge is 0.508 e. The molecule has 4 rings (SSSR count). The SMILES string of the molecule is CCCOc1ccc(O)cc1.CCc1ccc2cc3ccccc3cc2c1. The van der Waals surface area contributed by atoms with E-state index in [0.717, 1.165) is 25.2 Å². The molecule has 0 aromatic heterocycles. The van der Waals surface area contributed by atoms with Crippen LogP contribution in [0.15, 0.2) is 78.9 Å². The van der Waals surface area contributed by atoms with Gasteiger partial charge < -0.3 is 9.84 Å². The molecule has 0 heterocycles. The molecule has 0 bridgehead atoms. The molecule has 27 heavy (non-hydrogen) atoms. The van der Waals surface area contributed by atoms with Crippen molar-refractivity contribution in [3.63, 3.8) is 0 Å². The molecule has 1 N–H and O–H groups in total. The Hall–Kier alpha value is -3.00. The molecule has 0 aliphatic carbocycles. The molecule has 0 aliphatic heterocycles. The normalized spacial score (nSPS) is 10.4. The van der Waals surface area contributed by atoms with Gasteiger partial charge in [-0.25, -0.2) is 0 Å². The Morgan fingerprint density at radius 1 is 0.704 bits per heavy atom. The molecule has 0 atom stereocenters. The summed E-state index contributed by atoms with van der Waals surface area (Å²) in [4.78, 5) is 0. The number of fused-ring (bicyclic) bond motifs is 2. The number of aromatic hydroxyl groups is 1. The fraction of sp³-hybridized carbons (Fsp3) is 0.200. The van der Waals surface area contributed by atoms with Gasteiger partial charge in [-0.15, -0.1) is 0 Å². The highest BCUT2D eigenvalue weighted by Crippen LogP contribution is 2.23. The first kappa shape index (κ1) is 18.8. The minimum Gasteiger partial charge on any atom is -0.508 e. The Morgan fingerprint density at radius 2 is 1.33 bits per heavy atom. The van der Waals surface area contributed by atoms with Crippen molar-refractivity contribution in [2.75, 3.05) is 6.61 Å². The van der Waals surface area contributed by atoms with Crippen molar-refractivity contribution in [2.45, 2.75) is 26.7 Å². The van der Waals surface area contributed by atoms with Crippen molar-refractivity contribution in [1.82, 2.24) is 0 Å². The average Bonchev–Trinajstić information content (AvgIpc) is 2.72. The quantitative estimate of drug-likeness (QED) is 0.409. The van der Waals surface area contributed by atoms with Gasteiger partial charge in [-0.3, -0.25) is 0 Å². The van der Waals surface area contributed by atoms with E-state index in [-0.39, 0.29) is 5.75 Å². The maximum absolute atomic E-state index is 8.93. The molecule has 0 saturated carbocycles. The molecule has 0 saturated heterocycles. The maximum Gasteiger partial charge on any atom is 0.119 e. The van der Waals surface area contributed by atoms with Crippen LogP contribution in [0.5, 0.6) is 11.5 Å². The maximum atomic E-state index is 8.93. The second kappa shape index (κ2) is 9.09. The van der Waals surface area contributed by atoms with Gasteiger partial charge in [0, 0.05) is 0 Å². The number of rotatable bonds is 4. The first-order valence-electron chi connectivity index (χ1n) is 9.53. The van der Waals surface area contributed by atoms with E-state index >= 15 is 0 Å². The van der Waals surface area contributed by atoms with Gasteiger partial charge in [0.1, 0.15) is 11.5 Å². The molecule has 0 radical (unpaired) electrons. The van der Waals surface area contributed by atoms with Crippen LogP contribution in [0.1, 0.15) is 25.8 Å². The topological polar surface area (TPSA) is 29.5 Å². The van der Waals surface area contributed by atoms with Gasteiger partial charge in [-0.1, -0.05) is 56.3 Å². The number of hydrogen-bond acceptors (Lipinski definition) is 2. The van der Waals surface area contributed by atoms with Crippen LogP contribution in [-0.2, 0) is 6.42 Å². The Kier molecular flexibility index (Phi) is 6.32. The lowest BCUT2D eigenvalue weighted by atomic mass is 10.0. The zero-order valence-corrected chi connectivity index (χ0v) is 16.0. The van der Waals surface area contributed by atoms with Crippen LogP contribution in [0, 0.1) is 0 Å². The third-order valence-electron chi connectivity index (χ3n) is 4.49. The van der Waals surface area contributed by atoms with Crippen molar-refractivity contribution in [3.05, 3.63) is 84.4 Å². The second-order valence-electron chi connectivity index (χ2n) is 6.58. The summed E-state index contributed by atoms with van der Waals surface area (Å²) in [5.74, 6) is 1.08. The van der Waals surface area contributed by atoms with Crippen LogP contribution >= 0.6 is 0 Å². The lowest BCUT2D eigenvalue weighted by Crippen LogP contribution is -1.93. The zero-order chi connectivity index (χ0) is 19.1. The molecule has 0 aliphatic rings. The van der Waals surface area contributed by atoms with Gasteiger partial charge in [-0.05, 0) is 76.3 Å². The van der Waals surface area contributed by atoms with E-state index in [2.05, 4.69) is 68.4 Å². The van der Waals surface area contributed by atoms with E-state index in [0.29, 0.717) is 0 Å². The Balaban J connectivity index is 0.000000168. The summed E-state index contributed by atoms with van der Waals surface area (Å²) in [6.07, 6.45) is 2.10. The molecule has 0 unspecified atom stereocenters. The van der Waals surface area contributed by atoms with Gasteiger partial charge in [0.15, 0.2) is 0 Å². The fourth-order valence-corrected chi connectivity index (χ4v) is 2.97. The number of aryl methyl sites for hydroxylation is 1. The van der Waals surface area contributed by atoms with Gasteiger partial charge in [0.2, 0.25) is 0 Å². The second-order valence-corrected chi connectivity index (χ2v) is 6.58. The van der Waals surface area contributed by atoms with E-state index < -0.39 is 0 Å². The first-order valence-corrected chi connectivity index (χ1v) is 9.53. The number of phenols is 1. The van der Waals surface area contributed by atoms with Crippen LogP contribution in [0.3, 0.4) is 0 Å². The Morgan fingerprint density at radius 3 is 1.96 bits per heavy atom.